The Balaban J connectivity index is 2.22. The molecule has 0 aliphatic heterocycles. The minimum Gasteiger partial charge on any atom is -0.476 e. The van der Waals surface area contributed by atoms with Crippen LogP contribution in [0, 0.1) is 0 Å². The van der Waals surface area contributed by atoms with Crippen molar-refractivity contribution in [2.75, 3.05) is 0 Å². The Morgan fingerprint density at radius 1 is 1.32 bits per heavy atom. The van der Waals surface area contributed by atoms with Crippen LogP contribution in [0.25, 0.3) is 16.8 Å². The zero-order valence-corrected chi connectivity index (χ0v) is 10.4. The number of pyridine rings is 2. The van der Waals surface area contributed by atoms with Crippen molar-refractivity contribution in [2.45, 2.75) is 0 Å². The van der Waals surface area contributed by atoms with Gasteiger partial charge in [-0.05, 0) is 23.8 Å². The van der Waals surface area contributed by atoms with Crippen LogP contribution >= 0.6 is 11.6 Å². The van der Waals surface area contributed by atoms with Gasteiger partial charge in [0.15, 0.2) is 5.69 Å². The molecule has 0 radical (unpaired) electrons. The molecule has 5 nitrogen and oxygen atoms in total. The molecule has 6 heteroatoms. The monoisotopic (exact) mass is 273 g/mol. The summed E-state index contributed by atoms with van der Waals surface area (Å²) in [6.07, 6.45) is 4.79. The summed E-state index contributed by atoms with van der Waals surface area (Å²) in [6.45, 7) is 0. The number of imidazole rings is 1. The first-order valence-electron chi connectivity index (χ1n) is 5.47. The van der Waals surface area contributed by atoms with Gasteiger partial charge in [-0.25, -0.2) is 9.78 Å². The molecule has 0 atom stereocenters. The van der Waals surface area contributed by atoms with Crippen LogP contribution in [0.2, 0.25) is 5.15 Å². The lowest BCUT2D eigenvalue weighted by molar-refractivity contribution is 0.0691. The zero-order valence-electron chi connectivity index (χ0n) is 9.62. The van der Waals surface area contributed by atoms with Crippen molar-refractivity contribution < 1.29 is 9.90 Å². The van der Waals surface area contributed by atoms with E-state index in [4.69, 9.17) is 16.7 Å². The van der Waals surface area contributed by atoms with Crippen molar-refractivity contribution in [1.29, 1.82) is 0 Å². The predicted molar refractivity (Wildman–Crippen MR) is 70.4 cm³/mol. The molecule has 0 unspecified atom stereocenters. The predicted octanol–water partition coefficient (Wildman–Crippen LogP) is 2.75. The van der Waals surface area contributed by atoms with E-state index in [0.717, 1.165) is 11.1 Å². The van der Waals surface area contributed by atoms with Gasteiger partial charge >= 0.3 is 5.97 Å². The highest BCUT2D eigenvalue weighted by Gasteiger charge is 2.12. The van der Waals surface area contributed by atoms with Gasteiger partial charge in [-0.3, -0.25) is 9.38 Å². The molecular weight excluding hydrogens is 266 g/mol. The summed E-state index contributed by atoms with van der Waals surface area (Å²) in [5, 5.41) is 9.33. The minimum absolute atomic E-state index is 0.0368. The van der Waals surface area contributed by atoms with E-state index < -0.39 is 5.97 Å². The summed E-state index contributed by atoms with van der Waals surface area (Å²) in [7, 11) is 0. The third-order valence-electron chi connectivity index (χ3n) is 2.74. The Morgan fingerprint density at radius 2 is 2.16 bits per heavy atom. The summed E-state index contributed by atoms with van der Waals surface area (Å²) in [5.74, 6) is -1.08. The second-order valence-electron chi connectivity index (χ2n) is 3.97. The second kappa shape index (κ2) is 4.37. The van der Waals surface area contributed by atoms with Gasteiger partial charge in [0.1, 0.15) is 10.8 Å². The lowest BCUT2D eigenvalue weighted by Gasteiger charge is -2.03. The molecule has 0 fully saturated rings. The highest BCUT2D eigenvalue weighted by Crippen LogP contribution is 2.24. The molecule has 0 amide bonds. The van der Waals surface area contributed by atoms with Crippen molar-refractivity contribution in [3.63, 3.8) is 0 Å². The van der Waals surface area contributed by atoms with Crippen molar-refractivity contribution in [2.24, 2.45) is 0 Å². The third-order valence-corrected chi connectivity index (χ3v) is 3.03. The van der Waals surface area contributed by atoms with Gasteiger partial charge < -0.3 is 5.11 Å². The van der Waals surface area contributed by atoms with Crippen LogP contribution in [0.3, 0.4) is 0 Å². The van der Waals surface area contributed by atoms with Gasteiger partial charge in [-0.1, -0.05) is 17.7 Å². The number of halogens is 1. The maximum absolute atomic E-state index is 10.9. The van der Waals surface area contributed by atoms with Crippen LogP contribution in [-0.2, 0) is 0 Å². The molecule has 0 aromatic carbocycles. The van der Waals surface area contributed by atoms with Gasteiger partial charge in [0.05, 0.1) is 0 Å². The van der Waals surface area contributed by atoms with E-state index in [1.54, 1.807) is 24.5 Å². The minimum atomic E-state index is -1.08. The fourth-order valence-corrected chi connectivity index (χ4v) is 2.10. The van der Waals surface area contributed by atoms with E-state index in [-0.39, 0.29) is 5.69 Å². The Hall–Kier alpha value is -2.40. The lowest BCUT2D eigenvalue weighted by Crippen LogP contribution is -1.94. The normalized spacial score (nSPS) is 10.8. The Morgan fingerprint density at radius 3 is 2.84 bits per heavy atom. The number of fused-ring (bicyclic) bond motifs is 1. The number of carboxylic acid groups (broad SMARTS) is 1. The van der Waals surface area contributed by atoms with Gasteiger partial charge in [-0.15, -0.1) is 0 Å². The topological polar surface area (TPSA) is 67.5 Å². The summed E-state index contributed by atoms with van der Waals surface area (Å²) in [4.78, 5) is 19.0. The van der Waals surface area contributed by atoms with Crippen LogP contribution in [0.15, 0.2) is 42.9 Å². The molecule has 0 spiro atoms. The maximum Gasteiger partial charge on any atom is 0.356 e. The third kappa shape index (κ3) is 2.04. The largest absolute Gasteiger partial charge is 0.476 e. The molecule has 3 rings (SSSR count). The summed E-state index contributed by atoms with van der Waals surface area (Å²) >= 11 is 6.14. The fraction of sp³-hybridized carbons (Fsp3) is 0. The first-order chi connectivity index (χ1) is 9.15. The van der Waals surface area contributed by atoms with E-state index in [9.17, 15) is 4.79 Å². The molecule has 0 bridgehead atoms. The number of hydrogen-bond acceptors (Lipinski definition) is 3. The number of aromatic nitrogens is 3. The molecule has 1 N–H and O–H groups in total. The van der Waals surface area contributed by atoms with E-state index in [1.807, 2.05) is 12.1 Å². The van der Waals surface area contributed by atoms with Gasteiger partial charge in [0.25, 0.3) is 0 Å². The fourth-order valence-electron chi connectivity index (χ4n) is 1.85. The highest BCUT2D eigenvalue weighted by molar-refractivity contribution is 6.30. The molecular formula is C13H8ClN3O2. The summed E-state index contributed by atoms with van der Waals surface area (Å²) in [5.41, 5.74) is 2.19. The summed E-state index contributed by atoms with van der Waals surface area (Å²) < 4.78 is 1.53. The number of nitrogens with zero attached hydrogens (tertiary/aromatic N) is 3. The average Bonchev–Trinajstić information content (AvgIpc) is 2.84. The molecule has 94 valence electrons. The average molecular weight is 274 g/mol. The van der Waals surface area contributed by atoms with Crippen LogP contribution in [0.1, 0.15) is 10.5 Å². The molecule has 0 saturated carbocycles. The SMILES string of the molecule is O=C(O)c1cn2c(Cl)cc(-c3cccnc3)cc2n1. The van der Waals surface area contributed by atoms with Crippen LogP contribution in [0.4, 0.5) is 0 Å². The van der Waals surface area contributed by atoms with Gasteiger partial charge in [-0.2, -0.15) is 0 Å². The van der Waals surface area contributed by atoms with Crippen LogP contribution in [-0.4, -0.2) is 25.4 Å². The molecule has 3 aromatic rings. The van der Waals surface area contributed by atoms with Gasteiger partial charge in [0.2, 0.25) is 0 Å². The molecule has 0 aliphatic carbocycles. The van der Waals surface area contributed by atoms with E-state index >= 15 is 0 Å². The Kier molecular flexibility index (Phi) is 2.68. The molecule has 0 aliphatic rings. The lowest BCUT2D eigenvalue weighted by atomic mass is 10.1. The second-order valence-corrected chi connectivity index (χ2v) is 4.36. The first-order valence-corrected chi connectivity index (χ1v) is 5.85. The Bertz CT molecular complexity index is 768. The van der Waals surface area contributed by atoms with Crippen molar-refractivity contribution in [3.05, 3.63) is 53.7 Å². The highest BCUT2D eigenvalue weighted by atomic mass is 35.5. The van der Waals surface area contributed by atoms with Crippen molar-refractivity contribution in [1.82, 2.24) is 14.4 Å². The Labute approximate surface area is 113 Å². The van der Waals surface area contributed by atoms with E-state index in [0.29, 0.717) is 10.8 Å². The quantitative estimate of drug-likeness (QED) is 0.729. The molecule has 19 heavy (non-hydrogen) atoms. The maximum atomic E-state index is 10.9. The molecule has 3 aromatic heterocycles. The number of hydrogen-bond donors (Lipinski definition) is 1. The molecule has 3 heterocycles. The standard InChI is InChI=1S/C13H8ClN3O2/c14-11-4-9(8-2-1-3-15-6-8)5-12-16-10(13(18)19)7-17(11)12/h1-7H,(H,18,19). The summed E-state index contributed by atoms with van der Waals surface area (Å²) in [6, 6.07) is 7.24. The van der Waals surface area contributed by atoms with Crippen LogP contribution < -0.4 is 0 Å². The smallest absolute Gasteiger partial charge is 0.356 e. The van der Waals surface area contributed by atoms with Crippen molar-refractivity contribution >= 4 is 23.2 Å². The first kappa shape index (κ1) is 11.7. The number of rotatable bonds is 2. The van der Waals surface area contributed by atoms with E-state index in [1.165, 1.54) is 10.6 Å². The zero-order chi connectivity index (χ0) is 13.4. The number of carboxylic acids is 1. The van der Waals surface area contributed by atoms with Crippen LogP contribution in [0.5, 0.6) is 0 Å². The number of aromatic carboxylic acids is 1. The van der Waals surface area contributed by atoms with E-state index in [2.05, 4.69) is 9.97 Å². The molecule has 0 saturated heterocycles. The van der Waals surface area contributed by atoms with Crippen molar-refractivity contribution in [3.8, 4) is 11.1 Å². The number of carbonyl (C=O) groups is 1. The van der Waals surface area contributed by atoms with Gasteiger partial charge in [0, 0.05) is 24.2 Å².